The molecule has 0 aromatic rings. The van der Waals surface area contributed by atoms with Gasteiger partial charge in [0, 0.05) is 12.1 Å². The van der Waals surface area contributed by atoms with Crippen LogP contribution in [0.5, 0.6) is 0 Å². The summed E-state index contributed by atoms with van der Waals surface area (Å²) in [6.45, 7) is 17.0. The van der Waals surface area contributed by atoms with Gasteiger partial charge in [-0.3, -0.25) is 0 Å². The second kappa shape index (κ2) is 6.58. The summed E-state index contributed by atoms with van der Waals surface area (Å²) in [6.07, 6.45) is 5.66. The van der Waals surface area contributed by atoms with Gasteiger partial charge in [0.25, 0.3) is 0 Å². The first-order valence-corrected chi connectivity index (χ1v) is 8.04. The van der Waals surface area contributed by atoms with Crippen LogP contribution in [0.1, 0.15) is 74.1 Å². The Morgan fingerprint density at radius 1 is 1.32 bits per heavy atom. The highest BCUT2D eigenvalue weighted by molar-refractivity contribution is 4.84. The summed E-state index contributed by atoms with van der Waals surface area (Å²) in [4.78, 5) is 0. The van der Waals surface area contributed by atoms with Crippen molar-refractivity contribution in [2.75, 3.05) is 6.54 Å². The molecular formula is C17H35NO. The van der Waals surface area contributed by atoms with Crippen molar-refractivity contribution in [2.45, 2.75) is 91.9 Å². The number of ether oxygens (including phenoxy) is 1. The fraction of sp³-hybridized carbons (Fsp3) is 1.00. The van der Waals surface area contributed by atoms with E-state index in [0.29, 0.717) is 17.6 Å². The number of hydrogen-bond donors (Lipinski definition) is 1. The predicted molar refractivity (Wildman–Crippen MR) is 83.5 cm³/mol. The van der Waals surface area contributed by atoms with Crippen LogP contribution >= 0.6 is 0 Å². The van der Waals surface area contributed by atoms with Crippen molar-refractivity contribution in [3.8, 4) is 0 Å². The zero-order valence-corrected chi connectivity index (χ0v) is 14.2. The zero-order chi connectivity index (χ0) is 14.7. The molecule has 1 rings (SSSR count). The summed E-state index contributed by atoms with van der Waals surface area (Å²) < 4.78 is 6.27. The summed E-state index contributed by atoms with van der Waals surface area (Å²) in [6, 6.07) is 0. The van der Waals surface area contributed by atoms with Crippen molar-refractivity contribution >= 4 is 0 Å². The minimum absolute atomic E-state index is 0.219. The molecule has 0 heterocycles. The summed E-state index contributed by atoms with van der Waals surface area (Å²) in [5, 5.41) is 3.60. The topological polar surface area (TPSA) is 21.3 Å². The third-order valence-corrected chi connectivity index (χ3v) is 4.52. The van der Waals surface area contributed by atoms with Crippen LogP contribution in [-0.4, -0.2) is 24.3 Å². The average Bonchev–Trinajstić information content (AvgIpc) is 2.23. The molecule has 0 bridgehead atoms. The van der Waals surface area contributed by atoms with E-state index in [0.717, 1.165) is 18.9 Å². The molecule has 2 heteroatoms. The fourth-order valence-corrected chi connectivity index (χ4v) is 3.28. The SMILES string of the molecule is CCC(C)(C)NCC(C)OC1CC(C)CC(C)(C)C1. The second-order valence-electron chi connectivity index (χ2n) is 8.10. The molecule has 19 heavy (non-hydrogen) atoms. The van der Waals surface area contributed by atoms with Gasteiger partial charge in [0.1, 0.15) is 0 Å². The average molecular weight is 269 g/mol. The van der Waals surface area contributed by atoms with E-state index in [-0.39, 0.29) is 5.54 Å². The van der Waals surface area contributed by atoms with Crippen molar-refractivity contribution in [1.82, 2.24) is 5.32 Å². The molecular weight excluding hydrogens is 234 g/mol. The van der Waals surface area contributed by atoms with Crippen molar-refractivity contribution in [1.29, 1.82) is 0 Å². The molecule has 0 saturated heterocycles. The quantitative estimate of drug-likeness (QED) is 0.772. The summed E-state index contributed by atoms with van der Waals surface area (Å²) in [5.41, 5.74) is 0.662. The Labute approximate surface area is 120 Å². The fourth-order valence-electron chi connectivity index (χ4n) is 3.28. The van der Waals surface area contributed by atoms with E-state index in [2.05, 4.69) is 53.8 Å². The maximum atomic E-state index is 6.27. The molecule has 1 aliphatic rings. The molecule has 3 atom stereocenters. The lowest BCUT2D eigenvalue weighted by atomic mass is 9.71. The van der Waals surface area contributed by atoms with Gasteiger partial charge in [0.2, 0.25) is 0 Å². The monoisotopic (exact) mass is 269 g/mol. The lowest BCUT2D eigenvalue weighted by molar-refractivity contribution is -0.0592. The number of nitrogens with one attached hydrogen (secondary N) is 1. The van der Waals surface area contributed by atoms with Crippen LogP contribution in [0.4, 0.5) is 0 Å². The molecule has 0 radical (unpaired) electrons. The van der Waals surface area contributed by atoms with Gasteiger partial charge in [-0.1, -0.05) is 27.7 Å². The molecule has 1 saturated carbocycles. The van der Waals surface area contributed by atoms with Crippen LogP contribution in [0.25, 0.3) is 0 Å². The van der Waals surface area contributed by atoms with Crippen molar-refractivity contribution in [3.05, 3.63) is 0 Å². The number of hydrogen-bond acceptors (Lipinski definition) is 2. The van der Waals surface area contributed by atoms with Gasteiger partial charge in [-0.25, -0.2) is 0 Å². The Hall–Kier alpha value is -0.0800. The molecule has 2 nitrogen and oxygen atoms in total. The Morgan fingerprint density at radius 2 is 1.95 bits per heavy atom. The third kappa shape index (κ3) is 6.27. The van der Waals surface area contributed by atoms with Gasteiger partial charge >= 0.3 is 0 Å². The molecule has 1 aliphatic carbocycles. The number of rotatable bonds is 6. The standard InChI is InChI=1S/C17H35NO/c1-8-17(6,7)18-12-14(3)19-15-9-13(2)10-16(4,5)11-15/h13-15,18H,8-12H2,1-7H3. The van der Waals surface area contributed by atoms with Gasteiger partial charge in [-0.05, 0) is 57.8 Å². The highest BCUT2D eigenvalue weighted by Crippen LogP contribution is 2.39. The highest BCUT2D eigenvalue weighted by Gasteiger charge is 2.33. The van der Waals surface area contributed by atoms with Crippen molar-refractivity contribution in [2.24, 2.45) is 11.3 Å². The normalized spacial score (nSPS) is 29.2. The maximum absolute atomic E-state index is 6.27. The van der Waals surface area contributed by atoms with E-state index in [1.165, 1.54) is 19.3 Å². The first-order valence-electron chi connectivity index (χ1n) is 8.04. The van der Waals surface area contributed by atoms with Gasteiger partial charge < -0.3 is 10.1 Å². The molecule has 0 aromatic carbocycles. The summed E-state index contributed by atoms with van der Waals surface area (Å²) >= 11 is 0. The second-order valence-corrected chi connectivity index (χ2v) is 8.10. The van der Waals surface area contributed by atoms with E-state index in [1.807, 2.05) is 0 Å². The predicted octanol–water partition coefficient (Wildman–Crippen LogP) is 4.38. The third-order valence-electron chi connectivity index (χ3n) is 4.52. The minimum atomic E-state index is 0.219. The van der Waals surface area contributed by atoms with E-state index >= 15 is 0 Å². The van der Waals surface area contributed by atoms with Crippen LogP contribution in [0.3, 0.4) is 0 Å². The zero-order valence-electron chi connectivity index (χ0n) is 14.2. The lowest BCUT2D eigenvalue weighted by Gasteiger charge is -2.40. The molecule has 0 spiro atoms. The van der Waals surface area contributed by atoms with Crippen molar-refractivity contribution in [3.63, 3.8) is 0 Å². The van der Waals surface area contributed by atoms with E-state index < -0.39 is 0 Å². The minimum Gasteiger partial charge on any atom is -0.374 e. The summed E-state index contributed by atoms with van der Waals surface area (Å²) in [7, 11) is 0. The first kappa shape index (κ1) is 17.0. The molecule has 1 fully saturated rings. The first-order chi connectivity index (χ1) is 8.63. The Morgan fingerprint density at radius 3 is 2.47 bits per heavy atom. The molecule has 114 valence electrons. The largest absolute Gasteiger partial charge is 0.374 e. The van der Waals surface area contributed by atoms with E-state index in [1.54, 1.807) is 0 Å². The Kier molecular flexibility index (Phi) is 5.88. The van der Waals surface area contributed by atoms with Crippen LogP contribution in [0.2, 0.25) is 0 Å². The van der Waals surface area contributed by atoms with Gasteiger partial charge in [0.15, 0.2) is 0 Å². The molecule has 3 unspecified atom stereocenters. The van der Waals surface area contributed by atoms with E-state index in [4.69, 9.17) is 4.74 Å². The van der Waals surface area contributed by atoms with Crippen LogP contribution < -0.4 is 5.32 Å². The highest BCUT2D eigenvalue weighted by atomic mass is 16.5. The van der Waals surface area contributed by atoms with E-state index in [9.17, 15) is 0 Å². The lowest BCUT2D eigenvalue weighted by Crippen LogP contribution is -2.44. The maximum Gasteiger partial charge on any atom is 0.0675 e. The molecule has 0 aliphatic heterocycles. The van der Waals surface area contributed by atoms with Crippen molar-refractivity contribution < 1.29 is 4.74 Å². The smallest absolute Gasteiger partial charge is 0.0675 e. The Bertz CT molecular complexity index is 272. The Balaban J connectivity index is 2.37. The summed E-state index contributed by atoms with van der Waals surface area (Å²) in [5.74, 6) is 0.793. The molecule has 1 N–H and O–H groups in total. The molecule has 0 aromatic heterocycles. The van der Waals surface area contributed by atoms with Gasteiger partial charge in [0.05, 0.1) is 12.2 Å². The van der Waals surface area contributed by atoms with Crippen LogP contribution in [0, 0.1) is 11.3 Å². The molecule has 0 amide bonds. The van der Waals surface area contributed by atoms with Gasteiger partial charge in [-0.2, -0.15) is 0 Å². The van der Waals surface area contributed by atoms with Crippen LogP contribution in [-0.2, 0) is 4.74 Å². The van der Waals surface area contributed by atoms with Gasteiger partial charge in [-0.15, -0.1) is 0 Å². The van der Waals surface area contributed by atoms with Crippen LogP contribution in [0.15, 0.2) is 0 Å².